The zero-order chi connectivity index (χ0) is 26.7. The van der Waals surface area contributed by atoms with Gasteiger partial charge in [-0.2, -0.15) is 4.31 Å². The number of morpholine rings is 1. The summed E-state index contributed by atoms with van der Waals surface area (Å²) in [6.45, 7) is 5.36. The van der Waals surface area contributed by atoms with Crippen LogP contribution < -0.4 is 4.90 Å². The van der Waals surface area contributed by atoms with Crippen molar-refractivity contribution in [2.75, 3.05) is 57.4 Å². The Labute approximate surface area is 240 Å². The zero-order valence-corrected chi connectivity index (χ0v) is 24.9. The molecule has 1 amide bonds. The van der Waals surface area contributed by atoms with E-state index < -0.39 is 10.0 Å². The zero-order valence-electron chi connectivity index (χ0n) is 20.9. The number of rotatable bonds is 8. The normalized spacial score (nSPS) is 18.2. The van der Waals surface area contributed by atoms with E-state index in [9.17, 15) is 13.2 Å². The Kier molecular flexibility index (Phi) is 9.03. The first-order valence-electron chi connectivity index (χ1n) is 12.7. The minimum Gasteiger partial charge on any atom is -0.379 e. The molecule has 12 heteroatoms. The molecule has 204 valence electrons. The van der Waals surface area contributed by atoms with Crippen LogP contribution in [-0.4, -0.2) is 81.0 Å². The van der Waals surface area contributed by atoms with Crippen LogP contribution in [0.1, 0.15) is 19.3 Å². The van der Waals surface area contributed by atoms with Crippen molar-refractivity contribution >= 4 is 70.1 Å². The third kappa shape index (κ3) is 6.41. The van der Waals surface area contributed by atoms with Crippen molar-refractivity contribution in [2.45, 2.75) is 24.2 Å². The van der Waals surface area contributed by atoms with Gasteiger partial charge in [-0.3, -0.25) is 14.6 Å². The number of sulfonamides is 1. The summed E-state index contributed by atoms with van der Waals surface area (Å²) >= 11 is 11.0. The molecule has 2 aliphatic heterocycles. The first kappa shape index (κ1) is 27.9. The van der Waals surface area contributed by atoms with Gasteiger partial charge in [0.25, 0.3) is 0 Å². The molecule has 0 spiro atoms. The molecule has 8 nitrogen and oxygen atoms in total. The number of anilines is 1. The SMILES string of the molecule is O=C(C1CCN(S(=O)(=O)c2ccc(Cl)cc2)CC1)N(CCCN1CCOCC1)c1nc2ccc(Br)cc2s1. The van der Waals surface area contributed by atoms with Crippen molar-refractivity contribution in [3.8, 4) is 0 Å². The fraction of sp³-hybridized carbons (Fsp3) is 0.462. The lowest BCUT2D eigenvalue weighted by Crippen LogP contribution is -2.45. The first-order valence-corrected chi connectivity index (χ1v) is 16.2. The minimum absolute atomic E-state index is 0.0219. The summed E-state index contributed by atoms with van der Waals surface area (Å²) in [5, 5.41) is 1.19. The molecule has 0 radical (unpaired) electrons. The molecule has 1 aromatic heterocycles. The predicted molar refractivity (Wildman–Crippen MR) is 154 cm³/mol. The lowest BCUT2D eigenvalue weighted by Gasteiger charge is -2.33. The number of benzene rings is 2. The number of hydrogen-bond acceptors (Lipinski definition) is 7. The van der Waals surface area contributed by atoms with Crippen LogP contribution in [-0.2, 0) is 19.6 Å². The Morgan fingerprint density at radius 3 is 2.53 bits per heavy atom. The van der Waals surface area contributed by atoms with Gasteiger partial charge < -0.3 is 4.74 Å². The molecular formula is C26H30BrClN4O4S2. The van der Waals surface area contributed by atoms with E-state index in [0.717, 1.165) is 54.0 Å². The Balaban J connectivity index is 1.29. The molecular weight excluding hydrogens is 612 g/mol. The van der Waals surface area contributed by atoms with Crippen molar-refractivity contribution in [2.24, 2.45) is 5.92 Å². The van der Waals surface area contributed by atoms with Gasteiger partial charge in [-0.1, -0.05) is 38.9 Å². The highest BCUT2D eigenvalue weighted by atomic mass is 79.9. The van der Waals surface area contributed by atoms with Gasteiger partial charge in [0.2, 0.25) is 15.9 Å². The number of halogens is 2. The number of thiazole rings is 1. The second kappa shape index (κ2) is 12.3. The van der Waals surface area contributed by atoms with Gasteiger partial charge in [-0.15, -0.1) is 0 Å². The average molecular weight is 642 g/mol. The van der Waals surface area contributed by atoms with Crippen molar-refractivity contribution < 1.29 is 17.9 Å². The van der Waals surface area contributed by atoms with E-state index in [1.807, 2.05) is 23.1 Å². The number of fused-ring (bicyclic) bond motifs is 1. The smallest absolute Gasteiger partial charge is 0.243 e. The van der Waals surface area contributed by atoms with E-state index in [1.54, 1.807) is 12.1 Å². The van der Waals surface area contributed by atoms with Gasteiger partial charge in [0.05, 0.1) is 28.3 Å². The number of hydrogen-bond donors (Lipinski definition) is 0. The van der Waals surface area contributed by atoms with E-state index >= 15 is 0 Å². The lowest BCUT2D eigenvalue weighted by molar-refractivity contribution is -0.123. The Hall–Kier alpha value is -1.60. The number of piperidine rings is 1. The van der Waals surface area contributed by atoms with Gasteiger partial charge in [-0.25, -0.2) is 13.4 Å². The van der Waals surface area contributed by atoms with Gasteiger partial charge in [0, 0.05) is 54.7 Å². The molecule has 2 aliphatic rings. The molecule has 5 rings (SSSR count). The predicted octanol–water partition coefficient (Wildman–Crippen LogP) is 4.87. The van der Waals surface area contributed by atoms with Crippen molar-refractivity contribution in [1.29, 1.82) is 0 Å². The maximum Gasteiger partial charge on any atom is 0.243 e. The molecule has 0 saturated carbocycles. The molecule has 0 atom stereocenters. The van der Waals surface area contributed by atoms with Crippen molar-refractivity contribution in [3.05, 3.63) is 52.0 Å². The minimum atomic E-state index is -3.63. The van der Waals surface area contributed by atoms with Crippen LogP contribution in [0.4, 0.5) is 5.13 Å². The first-order chi connectivity index (χ1) is 18.3. The van der Waals surface area contributed by atoms with Crippen LogP contribution in [0, 0.1) is 5.92 Å². The number of aromatic nitrogens is 1. The van der Waals surface area contributed by atoms with E-state index in [1.165, 1.54) is 27.8 Å². The number of amides is 1. The largest absolute Gasteiger partial charge is 0.379 e. The van der Waals surface area contributed by atoms with Gasteiger partial charge >= 0.3 is 0 Å². The van der Waals surface area contributed by atoms with Gasteiger partial charge in [0.15, 0.2) is 5.13 Å². The molecule has 3 aromatic rings. The average Bonchev–Trinajstić information content (AvgIpc) is 3.34. The van der Waals surface area contributed by atoms with Gasteiger partial charge in [0.1, 0.15) is 0 Å². The second-order valence-corrected chi connectivity index (χ2v) is 13.8. The third-order valence-electron chi connectivity index (χ3n) is 7.05. The highest BCUT2D eigenvalue weighted by molar-refractivity contribution is 9.10. The second-order valence-electron chi connectivity index (χ2n) is 9.54. The third-order valence-corrected chi connectivity index (χ3v) is 10.7. The maximum absolute atomic E-state index is 13.9. The molecule has 38 heavy (non-hydrogen) atoms. The Bertz CT molecular complexity index is 1370. The van der Waals surface area contributed by atoms with E-state index in [2.05, 4.69) is 20.8 Å². The molecule has 2 saturated heterocycles. The number of carbonyl (C=O) groups is 1. The molecule has 0 N–H and O–H groups in total. The summed E-state index contributed by atoms with van der Waals surface area (Å²) in [4.78, 5) is 23.1. The topological polar surface area (TPSA) is 83.1 Å². The van der Waals surface area contributed by atoms with E-state index in [0.29, 0.717) is 42.6 Å². The van der Waals surface area contributed by atoms with Crippen LogP contribution in [0.25, 0.3) is 10.2 Å². The van der Waals surface area contributed by atoms with Crippen molar-refractivity contribution in [3.63, 3.8) is 0 Å². The molecule has 0 bridgehead atoms. The number of nitrogens with zero attached hydrogens (tertiary/aromatic N) is 4. The Morgan fingerprint density at radius 1 is 1.11 bits per heavy atom. The van der Waals surface area contributed by atoms with Gasteiger partial charge in [-0.05, 0) is 61.7 Å². The molecule has 3 heterocycles. The fourth-order valence-electron chi connectivity index (χ4n) is 4.90. The quantitative estimate of drug-likeness (QED) is 0.349. The summed E-state index contributed by atoms with van der Waals surface area (Å²) in [5.74, 6) is -0.234. The van der Waals surface area contributed by atoms with Crippen LogP contribution in [0.15, 0.2) is 51.8 Å². The summed E-state index contributed by atoms with van der Waals surface area (Å²) in [7, 11) is -3.63. The van der Waals surface area contributed by atoms with Crippen molar-refractivity contribution in [1.82, 2.24) is 14.2 Å². The molecule has 0 unspecified atom stereocenters. The molecule has 0 aliphatic carbocycles. The lowest BCUT2D eigenvalue weighted by atomic mass is 9.96. The Morgan fingerprint density at radius 2 is 1.82 bits per heavy atom. The van der Waals surface area contributed by atoms with Crippen LogP contribution in [0.3, 0.4) is 0 Å². The molecule has 2 fully saturated rings. The van der Waals surface area contributed by atoms with Crippen LogP contribution in [0.5, 0.6) is 0 Å². The summed E-state index contributed by atoms with van der Waals surface area (Å²) < 4.78 is 35.1. The number of ether oxygens (including phenoxy) is 1. The highest BCUT2D eigenvalue weighted by Gasteiger charge is 2.35. The fourth-order valence-corrected chi connectivity index (χ4v) is 8.04. The van der Waals surface area contributed by atoms with E-state index in [-0.39, 0.29) is 16.7 Å². The monoisotopic (exact) mass is 640 g/mol. The standard InChI is InChI=1S/C26H30BrClN4O4S2/c27-20-2-7-23-24(18-20)37-26(29-23)32(11-1-10-30-14-16-36-17-15-30)25(33)19-8-12-31(13-9-19)38(34,35)22-5-3-21(28)4-6-22/h2-7,18-19H,1,8-17H2. The summed E-state index contributed by atoms with van der Waals surface area (Å²) in [6.07, 6.45) is 1.78. The maximum atomic E-state index is 13.9. The van der Waals surface area contributed by atoms with Crippen LogP contribution >= 0.6 is 38.9 Å². The number of carbonyl (C=O) groups excluding carboxylic acids is 1. The summed E-state index contributed by atoms with van der Waals surface area (Å²) in [5.41, 5.74) is 0.864. The molecule has 2 aromatic carbocycles. The van der Waals surface area contributed by atoms with Crippen LogP contribution in [0.2, 0.25) is 5.02 Å². The summed E-state index contributed by atoms with van der Waals surface area (Å²) in [6, 6.07) is 12.1. The van der Waals surface area contributed by atoms with E-state index in [4.69, 9.17) is 21.3 Å². The highest BCUT2D eigenvalue weighted by Crippen LogP contribution is 2.33.